The van der Waals surface area contributed by atoms with Gasteiger partial charge < -0.3 is 14.5 Å². The summed E-state index contributed by atoms with van der Waals surface area (Å²) in [5.74, 6) is 0.937. The number of carbonyl (C=O) groups excluding carboxylic acids is 1. The minimum atomic E-state index is 0. The Morgan fingerprint density at radius 3 is 2.17 bits per heavy atom. The van der Waals surface area contributed by atoms with Crippen LogP contribution in [0.5, 0.6) is 5.75 Å². The molecule has 0 unspecified atom stereocenters. The first-order valence-corrected chi connectivity index (χ1v) is 7.36. The van der Waals surface area contributed by atoms with Crippen molar-refractivity contribution in [2.24, 2.45) is 0 Å². The van der Waals surface area contributed by atoms with Gasteiger partial charge in [-0.05, 0) is 36.4 Å². The molecule has 5 nitrogen and oxygen atoms in total. The number of halogens is 1. The third-order valence-electron chi connectivity index (χ3n) is 3.93. The van der Waals surface area contributed by atoms with Gasteiger partial charge in [0.1, 0.15) is 5.75 Å². The van der Waals surface area contributed by atoms with Gasteiger partial charge in [0.25, 0.3) is 5.91 Å². The van der Waals surface area contributed by atoms with Crippen molar-refractivity contribution < 1.29 is 9.53 Å². The second-order valence-corrected chi connectivity index (χ2v) is 5.21. The molecule has 0 radical (unpaired) electrons. The number of anilines is 1. The molecule has 1 amide bonds. The lowest BCUT2D eigenvalue weighted by atomic mass is 10.2. The Bertz CT molecular complexity index is 626. The maximum Gasteiger partial charge on any atom is 0.254 e. The topological polar surface area (TPSA) is 45.7 Å². The number of nitrogens with zero attached hydrogens (tertiary/aromatic N) is 3. The average molecular weight is 334 g/mol. The van der Waals surface area contributed by atoms with Crippen LogP contribution in [0.4, 0.5) is 5.69 Å². The van der Waals surface area contributed by atoms with Crippen LogP contribution in [0.3, 0.4) is 0 Å². The minimum Gasteiger partial charge on any atom is -0.497 e. The highest BCUT2D eigenvalue weighted by Crippen LogP contribution is 2.20. The van der Waals surface area contributed by atoms with Crippen LogP contribution in [0.2, 0.25) is 0 Å². The molecule has 1 saturated heterocycles. The molecule has 0 atom stereocenters. The number of ether oxygens (including phenoxy) is 1. The molecule has 1 aliphatic rings. The number of rotatable bonds is 3. The van der Waals surface area contributed by atoms with Crippen LogP contribution >= 0.6 is 12.4 Å². The second kappa shape index (κ2) is 7.83. The van der Waals surface area contributed by atoms with Crippen molar-refractivity contribution in [2.75, 3.05) is 38.2 Å². The Kier molecular flexibility index (Phi) is 5.82. The number of pyridine rings is 1. The van der Waals surface area contributed by atoms with Gasteiger partial charge in [-0.1, -0.05) is 0 Å². The summed E-state index contributed by atoms with van der Waals surface area (Å²) >= 11 is 0. The number of hydrogen-bond acceptors (Lipinski definition) is 4. The summed E-state index contributed by atoms with van der Waals surface area (Å²) in [4.78, 5) is 20.5. The Morgan fingerprint density at radius 1 is 1.00 bits per heavy atom. The predicted octanol–water partition coefficient (Wildman–Crippen LogP) is 2.47. The molecule has 1 fully saturated rings. The van der Waals surface area contributed by atoms with E-state index in [9.17, 15) is 4.79 Å². The standard InChI is InChI=1S/C17H19N3O2.ClH/c1-22-16-4-2-15(3-5-16)19-10-12-20(13-11-19)17(21)14-6-8-18-9-7-14;/h2-9H,10-13H2,1H3;1H. The average Bonchev–Trinajstić information content (AvgIpc) is 2.62. The lowest BCUT2D eigenvalue weighted by molar-refractivity contribution is 0.0746. The quantitative estimate of drug-likeness (QED) is 0.865. The first-order chi connectivity index (χ1) is 10.8. The lowest BCUT2D eigenvalue weighted by Crippen LogP contribution is -2.48. The maximum atomic E-state index is 12.4. The molecule has 0 aliphatic carbocycles. The van der Waals surface area contributed by atoms with Crippen molar-refractivity contribution in [1.82, 2.24) is 9.88 Å². The van der Waals surface area contributed by atoms with E-state index in [0.717, 1.165) is 37.6 Å². The van der Waals surface area contributed by atoms with Crippen molar-refractivity contribution >= 4 is 24.0 Å². The molecule has 6 heteroatoms. The summed E-state index contributed by atoms with van der Waals surface area (Å²) in [7, 11) is 1.67. The molecule has 0 bridgehead atoms. The fourth-order valence-electron chi connectivity index (χ4n) is 2.64. The largest absolute Gasteiger partial charge is 0.497 e. The summed E-state index contributed by atoms with van der Waals surface area (Å²) in [5.41, 5.74) is 1.87. The van der Waals surface area contributed by atoms with Gasteiger partial charge in [-0.25, -0.2) is 0 Å². The molecular formula is C17H20ClN3O2. The van der Waals surface area contributed by atoms with E-state index in [1.807, 2.05) is 17.0 Å². The minimum absolute atomic E-state index is 0. The Hall–Kier alpha value is -2.27. The predicted molar refractivity (Wildman–Crippen MR) is 92.6 cm³/mol. The number of methoxy groups -OCH3 is 1. The van der Waals surface area contributed by atoms with E-state index in [2.05, 4.69) is 22.0 Å². The summed E-state index contributed by atoms with van der Waals surface area (Å²) in [6.45, 7) is 3.13. The van der Waals surface area contributed by atoms with E-state index in [4.69, 9.17) is 4.74 Å². The Labute approximate surface area is 142 Å². The first-order valence-electron chi connectivity index (χ1n) is 7.36. The molecule has 0 N–H and O–H groups in total. The molecule has 1 aromatic carbocycles. The van der Waals surface area contributed by atoms with Crippen molar-refractivity contribution in [3.63, 3.8) is 0 Å². The fraction of sp³-hybridized carbons (Fsp3) is 0.294. The van der Waals surface area contributed by atoms with E-state index in [1.54, 1.807) is 31.6 Å². The van der Waals surface area contributed by atoms with Gasteiger partial charge >= 0.3 is 0 Å². The summed E-state index contributed by atoms with van der Waals surface area (Å²) in [5, 5.41) is 0. The first kappa shape index (κ1) is 17.1. The summed E-state index contributed by atoms with van der Waals surface area (Å²) < 4.78 is 5.18. The van der Waals surface area contributed by atoms with Gasteiger partial charge in [0, 0.05) is 49.8 Å². The lowest BCUT2D eigenvalue weighted by Gasteiger charge is -2.36. The van der Waals surface area contributed by atoms with E-state index in [1.165, 1.54) is 0 Å². The molecule has 2 heterocycles. The zero-order chi connectivity index (χ0) is 15.4. The Morgan fingerprint density at radius 2 is 1.61 bits per heavy atom. The molecular weight excluding hydrogens is 314 g/mol. The zero-order valence-corrected chi connectivity index (χ0v) is 13.8. The fourth-order valence-corrected chi connectivity index (χ4v) is 2.64. The van der Waals surface area contributed by atoms with Crippen LogP contribution in [0.1, 0.15) is 10.4 Å². The molecule has 23 heavy (non-hydrogen) atoms. The van der Waals surface area contributed by atoms with Crippen molar-refractivity contribution in [3.8, 4) is 5.75 Å². The van der Waals surface area contributed by atoms with Crippen LogP contribution < -0.4 is 9.64 Å². The number of piperazine rings is 1. The monoisotopic (exact) mass is 333 g/mol. The van der Waals surface area contributed by atoms with Crippen molar-refractivity contribution in [3.05, 3.63) is 54.4 Å². The van der Waals surface area contributed by atoms with Gasteiger partial charge in [0.05, 0.1) is 7.11 Å². The van der Waals surface area contributed by atoms with Gasteiger partial charge in [-0.3, -0.25) is 9.78 Å². The van der Waals surface area contributed by atoms with Crippen molar-refractivity contribution in [1.29, 1.82) is 0 Å². The molecule has 122 valence electrons. The maximum absolute atomic E-state index is 12.4. The van der Waals surface area contributed by atoms with Crippen LogP contribution in [-0.2, 0) is 0 Å². The highest BCUT2D eigenvalue weighted by Gasteiger charge is 2.22. The highest BCUT2D eigenvalue weighted by molar-refractivity contribution is 5.94. The summed E-state index contributed by atoms with van der Waals surface area (Å²) in [6, 6.07) is 11.6. The van der Waals surface area contributed by atoms with E-state index in [-0.39, 0.29) is 18.3 Å². The van der Waals surface area contributed by atoms with Gasteiger partial charge in [0.2, 0.25) is 0 Å². The van der Waals surface area contributed by atoms with Crippen molar-refractivity contribution in [2.45, 2.75) is 0 Å². The number of benzene rings is 1. The molecule has 1 aromatic heterocycles. The zero-order valence-electron chi connectivity index (χ0n) is 13.0. The van der Waals surface area contributed by atoms with Crippen LogP contribution in [0, 0.1) is 0 Å². The van der Waals surface area contributed by atoms with Gasteiger partial charge in [-0.15, -0.1) is 12.4 Å². The van der Waals surface area contributed by atoms with Crippen LogP contribution in [-0.4, -0.2) is 49.1 Å². The molecule has 3 rings (SSSR count). The molecule has 2 aromatic rings. The molecule has 0 saturated carbocycles. The summed E-state index contributed by atoms with van der Waals surface area (Å²) in [6.07, 6.45) is 3.31. The second-order valence-electron chi connectivity index (χ2n) is 5.21. The molecule has 0 spiro atoms. The normalized spacial score (nSPS) is 14.1. The van der Waals surface area contributed by atoms with E-state index < -0.39 is 0 Å². The SMILES string of the molecule is COc1ccc(N2CCN(C(=O)c3ccncc3)CC2)cc1.Cl. The van der Waals surface area contributed by atoms with Gasteiger partial charge in [0.15, 0.2) is 0 Å². The third-order valence-corrected chi connectivity index (χ3v) is 3.93. The third kappa shape index (κ3) is 3.93. The molecule has 1 aliphatic heterocycles. The van der Waals surface area contributed by atoms with Crippen LogP contribution in [0.15, 0.2) is 48.8 Å². The number of amides is 1. The highest BCUT2D eigenvalue weighted by atomic mass is 35.5. The van der Waals surface area contributed by atoms with E-state index in [0.29, 0.717) is 5.56 Å². The number of aromatic nitrogens is 1. The van der Waals surface area contributed by atoms with E-state index >= 15 is 0 Å². The number of hydrogen-bond donors (Lipinski definition) is 0. The van der Waals surface area contributed by atoms with Crippen LogP contribution in [0.25, 0.3) is 0 Å². The number of carbonyl (C=O) groups is 1. The van der Waals surface area contributed by atoms with Gasteiger partial charge in [-0.2, -0.15) is 0 Å². The Balaban J connectivity index is 0.00000192. The smallest absolute Gasteiger partial charge is 0.254 e.